The Kier molecular flexibility index (Phi) is 5.16. The molecule has 0 bridgehead atoms. The summed E-state index contributed by atoms with van der Waals surface area (Å²) in [5, 5.41) is 8.02. The van der Waals surface area contributed by atoms with Crippen LogP contribution in [0.4, 0.5) is 0 Å². The molecule has 1 N–H and O–H groups in total. The van der Waals surface area contributed by atoms with Gasteiger partial charge in [-0.05, 0) is 24.9 Å². The van der Waals surface area contributed by atoms with Gasteiger partial charge in [0.05, 0.1) is 12.7 Å². The van der Waals surface area contributed by atoms with E-state index in [0.29, 0.717) is 6.04 Å². The van der Waals surface area contributed by atoms with Crippen LogP contribution in [0.2, 0.25) is 0 Å². The summed E-state index contributed by atoms with van der Waals surface area (Å²) in [6, 6.07) is 10.9. The summed E-state index contributed by atoms with van der Waals surface area (Å²) >= 11 is 0. The Hall–Kier alpha value is -1.61. The second kappa shape index (κ2) is 7.10. The predicted octanol–water partition coefficient (Wildman–Crippen LogP) is 3.38. The molecule has 19 heavy (non-hydrogen) atoms. The molecule has 0 spiro atoms. The predicted molar refractivity (Wildman–Crippen MR) is 79.1 cm³/mol. The largest absolute Gasteiger partial charge is 0.310 e. The van der Waals surface area contributed by atoms with Gasteiger partial charge in [-0.1, -0.05) is 44.2 Å². The zero-order chi connectivity index (χ0) is 13.5. The quantitative estimate of drug-likeness (QED) is 0.824. The molecule has 0 amide bonds. The van der Waals surface area contributed by atoms with Crippen LogP contribution >= 0.6 is 0 Å². The molecule has 2 rings (SSSR count). The average Bonchev–Trinajstić information content (AvgIpc) is 2.89. The van der Waals surface area contributed by atoms with Crippen molar-refractivity contribution < 1.29 is 0 Å². The van der Waals surface area contributed by atoms with Crippen LogP contribution in [0.25, 0.3) is 0 Å². The van der Waals surface area contributed by atoms with Crippen molar-refractivity contribution >= 4 is 0 Å². The molecule has 0 radical (unpaired) electrons. The van der Waals surface area contributed by atoms with Gasteiger partial charge < -0.3 is 5.32 Å². The van der Waals surface area contributed by atoms with Crippen LogP contribution in [-0.2, 0) is 6.54 Å². The van der Waals surface area contributed by atoms with Gasteiger partial charge in [-0.15, -0.1) is 0 Å². The minimum atomic E-state index is 0.421. The highest BCUT2D eigenvalue weighted by Crippen LogP contribution is 2.16. The minimum Gasteiger partial charge on any atom is -0.310 e. The van der Waals surface area contributed by atoms with Gasteiger partial charge in [0.1, 0.15) is 0 Å². The highest BCUT2D eigenvalue weighted by molar-refractivity contribution is 5.16. The topological polar surface area (TPSA) is 29.9 Å². The van der Waals surface area contributed by atoms with Crippen molar-refractivity contribution in [1.82, 2.24) is 15.1 Å². The first-order valence-electron chi connectivity index (χ1n) is 7.13. The molecule has 3 heteroatoms. The van der Waals surface area contributed by atoms with Crippen molar-refractivity contribution in [1.29, 1.82) is 0 Å². The molecule has 1 aromatic carbocycles. The summed E-state index contributed by atoms with van der Waals surface area (Å²) in [7, 11) is 0. The first-order chi connectivity index (χ1) is 9.33. The number of nitrogens with one attached hydrogen (secondary N) is 1. The average molecular weight is 257 g/mol. The van der Waals surface area contributed by atoms with E-state index in [-0.39, 0.29) is 0 Å². The maximum absolute atomic E-state index is 4.47. The van der Waals surface area contributed by atoms with Gasteiger partial charge in [-0.3, -0.25) is 4.68 Å². The van der Waals surface area contributed by atoms with E-state index in [1.165, 1.54) is 11.1 Å². The SMILES string of the molecule is CCCNC(CC)c1cnn(Cc2ccccc2)c1. The van der Waals surface area contributed by atoms with Gasteiger partial charge in [0, 0.05) is 17.8 Å². The first kappa shape index (κ1) is 13.8. The lowest BCUT2D eigenvalue weighted by molar-refractivity contribution is 0.517. The summed E-state index contributed by atoms with van der Waals surface area (Å²) in [5.41, 5.74) is 2.57. The minimum absolute atomic E-state index is 0.421. The van der Waals surface area contributed by atoms with E-state index in [2.05, 4.69) is 54.7 Å². The summed E-state index contributed by atoms with van der Waals surface area (Å²) in [4.78, 5) is 0. The van der Waals surface area contributed by atoms with Crippen LogP contribution in [0.5, 0.6) is 0 Å². The lowest BCUT2D eigenvalue weighted by Gasteiger charge is -2.14. The van der Waals surface area contributed by atoms with Crippen LogP contribution in [0, 0.1) is 0 Å². The fourth-order valence-corrected chi connectivity index (χ4v) is 2.23. The number of nitrogens with zero attached hydrogens (tertiary/aromatic N) is 2. The number of benzene rings is 1. The second-order valence-corrected chi connectivity index (χ2v) is 4.87. The Morgan fingerprint density at radius 3 is 2.68 bits per heavy atom. The van der Waals surface area contributed by atoms with Crippen LogP contribution in [0.15, 0.2) is 42.7 Å². The van der Waals surface area contributed by atoms with Crippen molar-refractivity contribution in [3.63, 3.8) is 0 Å². The maximum Gasteiger partial charge on any atom is 0.0659 e. The summed E-state index contributed by atoms with van der Waals surface area (Å²) in [5.74, 6) is 0. The molecular weight excluding hydrogens is 234 g/mol. The third-order valence-corrected chi connectivity index (χ3v) is 3.29. The van der Waals surface area contributed by atoms with Gasteiger partial charge in [-0.25, -0.2) is 0 Å². The smallest absolute Gasteiger partial charge is 0.0659 e. The third kappa shape index (κ3) is 3.93. The molecule has 0 saturated carbocycles. The van der Waals surface area contributed by atoms with E-state index < -0.39 is 0 Å². The van der Waals surface area contributed by atoms with E-state index in [0.717, 1.165) is 25.9 Å². The van der Waals surface area contributed by atoms with Crippen molar-refractivity contribution in [2.24, 2.45) is 0 Å². The standard InChI is InChI=1S/C16H23N3/c1-3-10-17-16(4-2)15-11-18-19(13-15)12-14-8-6-5-7-9-14/h5-9,11,13,16-17H,3-4,10,12H2,1-2H3. The second-order valence-electron chi connectivity index (χ2n) is 4.87. The molecule has 0 saturated heterocycles. The van der Waals surface area contributed by atoms with Crippen molar-refractivity contribution in [2.45, 2.75) is 39.3 Å². The van der Waals surface area contributed by atoms with Gasteiger partial charge >= 0.3 is 0 Å². The van der Waals surface area contributed by atoms with E-state index in [1.807, 2.05) is 16.9 Å². The van der Waals surface area contributed by atoms with E-state index in [9.17, 15) is 0 Å². The lowest BCUT2D eigenvalue weighted by Crippen LogP contribution is -2.21. The van der Waals surface area contributed by atoms with Crippen LogP contribution in [0.3, 0.4) is 0 Å². The monoisotopic (exact) mass is 257 g/mol. The van der Waals surface area contributed by atoms with Gasteiger partial charge in [-0.2, -0.15) is 5.10 Å². The maximum atomic E-state index is 4.47. The summed E-state index contributed by atoms with van der Waals surface area (Å²) in [6.07, 6.45) is 6.40. The molecule has 3 nitrogen and oxygen atoms in total. The highest BCUT2D eigenvalue weighted by Gasteiger charge is 2.10. The molecule has 2 aromatic rings. The Balaban J connectivity index is 2.01. The lowest BCUT2D eigenvalue weighted by atomic mass is 10.1. The Morgan fingerprint density at radius 2 is 2.00 bits per heavy atom. The number of hydrogen-bond acceptors (Lipinski definition) is 2. The number of aromatic nitrogens is 2. The molecule has 1 atom stereocenters. The van der Waals surface area contributed by atoms with Crippen molar-refractivity contribution in [3.05, 3.63) is 53.9 Å². The molecule has 0 fully saturated rings. The fraction of sp³-hybridized carbons (Fsp3) is 0.438. The van der Waals surface area contributed by atoms with E-state index >= 15 is 0 Å². The van der Waals surface area contributed by atoms with Crippen molar-refractivity contribution in [2.75, 3.05) is 6.54 Å². The molecule has 1 heterocycles. The molecule has 1 aromatic heterocycles. The van der Waals surface area contributed by atoms with Crippen LogP contribution < -0.4 is 5.32 Å². The summed E-state index contributed by atoms with van der Waals surface area (Å²) in [6.45, 7) is 6.30. The van der Waals surface area contributed by atoms with E-state index in [4.69, 9.17) is 0 Å². The molecular formula is C16H23N3. The van der Waals surface area contributed by atoms with Gasteiger partial charge in [0.25, 0.3) is 0 Å². The van der Waals surface area contributed by atoms with E-state index in [1.54, 1.807) is 0 Å². The van der Waals surface area contributed by atoms with Gasteiger partial charge in [0.2, 0.25) is 0 Å². The summed E-state index contributed by atoms with van der Waals surface area (Å²) < 4.78 is 2.01. The zero-order valence-corrected chi connectivity index (χ0v) is 11.8. The molecule has 102 valence electrons. The normalized spacial score (nSPS) is 12.5. The Morgan fingerprint density at radius 1 is 1.21 bits per heavy atom. The first-order valence-corrected chi connectivity index (χ1v) is 7.13. The fourth-order valence-electron chi connectivity index (χ4n) is 2.23. The molecule has 0 aliphatic heterocycles. The Labute approximate surface area is 115 Å². The highest BCUT2D eigenvalue weighted by atomic mass is 15.3. The van der Waals surface area contributed by atoms with Crippen LogP contribution in [0.1, 0.15) is 43.9 Å². The van der Waals surface area contributed by atoms with Gasteiger partial charge in [0.15, 0.2) is 0 Å². The molecule has 0 aliphatic rings. The van der Waals surface area contributed by atoms with Crippen LogP contribution in [-0.4, -0.2) is 16.3 Å². The molecule has 0 aliphatic carbocycles. The number of hydrogen-bond donors (Lipinski definition) is 1. The Bertz CT molecular complexity index is 476. The van der Waals surface area contributed by atoms with Crippen molar-refractivity contribution in [3.8, 4) is 0 Å². The molecule has 1 unspecified atom stereocenters. The number of rotatable bonds is 7. The third-order valence-electron chi connectivity index (χ3n) is 3.29. The zero-order valence-electron chi connectivity index (χ0n) is 11.8.